The van der Waals surface area contributed by atoms with Crippen molar-refractivity contribution in [2.45, 2.75) is 9.92 Å². The van der Waals surface area contributed by atoms with Crippen LogP contribution in [-0.2, 0) is 4.79 Å². The maximum Gasteiger partial charge on any atom is 0.296 e. The van der Waals surface area contributed by atoms with Crippen LogP contribution in [0.2, 0.25) is 5.02 Å². The van der Waals surface area contributed by atoms with E-state index in [4.69, 9.17) is 11.6 Å². The quantitative estimate of drug-likeness (QED) is 0.866. The molecule has 0 saturated heterocycles. The molecule has 7 heteroatoms. The average Bonchev–Trinajstić information content (AvgIpc) is 2.69. The molecule has 0 spiro atoms. The van der Waals surface area contributed by atoms with Crippen molar-refractivity contribution in [2.24, 2.45) is 0 Å². The van der Waals surface area contributed by atoms with Crippen molar-refractivity contribution >= 4 is 40.7 Å². The third-order valence-electron chi connectivity index (χ3n) is 2.69. The second-order valence-corrected chi connectivity index (χ2v) is 5.53. The van der Waals surface area contributed by atoms with Gasteiger partial charge in [-0.15, -0.1) is 0 Å². The Balaban J connectivity index is 1.96. The van der Waals surface area contributed by atoms with Crippen molar-refractivity contribution in [1.29, 1.82) is 0 Å². The lowest BCUT2D eigenvalue weighted by molar-refractivity contribution is -0.112. The van der Waals surface area contributed by atoms with E-state index in [0.29, 0.717) is 15.7 Å². The summed E-state index contributed by atoms with van der Waals surface area (Å²) in [5.74, 6) is -2.04. The largest absolute Gasteiger partial charge is 0.318 e. The fourth-order valence-corrected chi connectivity index (χ4v) is 2.67. The summed E-state index contributed by atoms with van der Waals surface area (Å²) in [6, 6.07) is 5.79. The number of hydrogen-bond donors (Lipinski definition) is 1. The molecule has 1 N–H and O–H groups in total. The molecule has 0 saturated carbocycles. The molecule has 1 aromatic carbocycles. The highest BCUT2D eigenvalue weighted by Gasteiger charge is 2.29. The van der Waals surface area contributed by atoms with E-state index < -0.39 is 17.5 Å². The number of anilines is 1. The molecule has 1 aliphatic rings. The molecule has 0 fully saturated rings. The number of carbonyl (C=O) groups excluding carboxylic acids is 2. The van der Waals surface area contributed by atoms with Crippen LogP contribution in [0.5, 0.6) is 0 Å². The van der Waals surface area contributed by atoms with Crippen LogP contribution in [0.3, 0.4) is 0 Å². The number of nitrogens with zero attached hydrogens (tertiary/aromatic N) is 1. The molecule has 1 amide bonds. The van der Waals surface area contributed by atoms with E-state index in [0.717, 1.165) is 17.8 Å². The van der Waals surface area contributed by atoms with Crippen LogP contribution < -0.4 is 5.32 Å². The summed E-state index contributed by atoms with van der Waals surface area (Å²) < 4.78 is 13.9. The normalized spacial score (nSPS) is 13.3. The smallest absolute Gasteiger partial charge is 0.296 e. The highest BCUT2D eigenvalue weighted by atomic mass is 35.5. The van der Waals surface area contributed by atoms with Gasteiger partial charge < -0.3 is 5.32 Å². The van der Waals surface area contributed by atoms with E-state index in [1.54, 1.807) is 12.1 Å². The third kappa shape index (κ3) is 2.28. The predicted octanol–water partition coefficient (Wildman–Crippen LogP) is 3.16. The van der Waals surface area contributed by atoms with Gasteiger partial charge >= 0.3 is 0 Å². The lowest BCUT2D eigenvalue weighted by atomic mass is 10.1. The maximum atomic E-state index is 13.9. The molecular formula is C13H6ClFN2O2S. The first-order valence-corrected chi connectivity index (χ1v) is 6.72. The molecule has 3 rings (SSSR count). The van der Waals surface area contributed by atoms with Gasteiger partial charge in [0.1, 0.15) is 10.8 Å². The second-order valence-electron chi connectivity index (χ2n) is 4.03. The summed E-state index contributed by atoms with van der Waals surface area (Å²) in [5.41, 5.74) is 0.374. The Kier molecular flexibility index (Phi) is 3.19. The fraction of sp³-hybridized carbons (Fsp3) is 0. The van der Waals surface area contributed by atoms with E-state index in [-0.39, 0.29) is 10.5 Å². The topological polar surface area (TPSA) is 59.1 Å². The van der Waals surface area contributed by atoms with Gasteiger partial charge in [-0.3, -0.25) is 9.59 Å². The Hall–Kier alpha value is -1.92. The second kappa shape index (κ2) is 4.88. The average molecular weight is 309 g/mol. The van der Waals surface area contributed by atoms with Gasteiger partial charge in [-0.2, -0.15) is 0 Å². The SMILES string of the molecule is O=C1Nc2cc(Sc3ccc(Cl)cn3)c(F)cc2C1=O. The number of aromatic nitrogens is 1. The summed E-state index contributed by atoms with van der Waals surface area (Å²) in [7, 11) is 0. The van der Waals surface area contributed by atoms with E-state index in [2.05, 4.69) is 10.3 Å². The Morgan fingerprint density at radius 1 is 1.25 bits per heavy atom. The van der Waals surface area contributed by atoms with Gasteiger partial charge in [0.15, 0.2) is 0 Å². The fourth-order valence-electron chi connectivity index (χ4n) is 1.76. The van der Waals surface area contributed by atoms with Crippen molar-refractivity contribution in [2.75, 3.05) is 5.32 Å². The van der Waals surface area contributed by atoms with Crippen molar-refractivity contribution in [1.82, 2.24) is 4.98 Å². The molecule has 100 valence electrons. The molecule has 1 aromatic heterocycles. The molecule has 0 aliphatic carbocycles. The summed E-state index contributed by atoms with van der Waals surface area (Å²) >= 11 is 6.81. The Morgan fingerprint density at radius 3 is 2.75 bits per heavy atom. The molecule has 20 heavy (non-hydrogen) atoms. The van der Waals surface area contributed by atoms with Gasteiger partial charge in [0, 0.05) is 6.20 Å². The zero-order valence-corrected chi connectivity index (χ0v) is 11.4. The molecule has 0 atom stereocenters. The summed E-state index contributed by atoms with van der Waals surface area (Å²) in [6.45, 7) is 0. The molecule has 4 nitrogen and oxygen atoms in total. The van der Waals surface area contributed by atoms with Crippen LogP contribution in [0, 0.1) is 5.82 Å². The van der Waals surface area contributed by atoms with Crippen molar-refractivity contribution in [3.63, 3.8) is 0 Å². The summed E-state index contributed by atoms with van der Waals surface area (Å²) in [6.07, 6.45) is 1.46. The van der Waals surface area contributed by atoms with Crippen LogP contribution in [0.25, 0.3) is 0 Å². The molecular weight excluding hydrogens is 303 g/mol. The number of hydrogen-bond acceptors (Lipinski definition) is 4. The van der Waals surface area contributed by atoms with Crippen LogP contribution in [0.4, 0.5) is 10.1 Å². The number of nitrogens with one attached hydrogen (secondary N) is 1. The van der Waals surface area contributed by atoms with Crippen molar-refractivity contribution < 1.29 is 14.0 Å². The molecule has 2 aromatic rings. The number of carbonyl (C=O) groups is 2. The van der Waals surface area contributed by atoms with Gasteiger partial charge in [0.2, 0.25) is 0 Å². The number of halogens is 2. The van der Waals surface area contributed by atoms with Gasteiger partial charge in [-0.1, -0.05) is 23.4 Å². The number of fused-ring (bicyclic) bond motifs is 1. The number of ketones is 1. The molecule has 0 bridgehead atoms. The van der Waals surface area contributed by atoms with Crippen molar-refractivity contribution in [3.05, 3.63) is 46.9 Å². The minimum atomic E-state index is -0.744. The minimum Gasteiger partial charge on any atom is -0.318 e. The first-order valence-electron chi connectivity index (χ1n) is 5.53. The van der Waals surface area contributed by atoms with Crippen LogP contribution in [0.1, 0.15) is 10.4 Å². The van der Waals surface area contributed by atoms with Gasteiger partial charge in [-0.25, -0.2) is 9.37 Å². The Bertz CT molecular complexity index is 734. The summed E-state index contributed by atoms with van der Waals surface area (Å²) in [4.78, 5) is 27.0. The lowest BCUT2D eigenvalue weighted by Gasteiger charge is -2.05. The number of pyridine rings is 1. The van der Waals surface area contributed by atoms with Crippen LogP contribution >= 0.6 is 23.4 Å². The minimum absolute atomic E-state index is 0.0564. The molecule has 0 unspecified atom stereocenters. The summed E-state index contributed by atoms with van der Waals surface area (Å²) in [5, 5.41) is 3.45. The Morgan fingerprint density at radius 2 is 2.05 bits per heavy atom. The van der Waals surface area contributed by atoms with E-state index in [1.165, 1.54) is 12.3 Å². The number of rotatable bonds is 2. The zero-order valence-electron chi connectivity index (χ0n) is 9.81. The molecule has 1 aliphatic heterocycles. The van der Waals surface area contributed by atoms with Crippen molar-refractivity contribution in [3.8, 4) is 0 Å². The van der Waals surface area contributed by atoms with Gasteiger partial charge in [0.05, 0.1) is 21.2 Å². The maximum absolute atomic E-state index is 13.9. The zero-order chi connectivity index (χ0) is 14.3. The predicted molar refractivity (Wildman–Crippen MR) is 72.7 cm³/mol. The standard InChI is InChI=1S/C13H6ClFN2O2S/c14-6-1-2-11(16-5-6)20-10-4-9-7(3-8(10)15)12(18)13(19)17-9/h1-5H,(H,17,18,19). The first kappa shape index (κ1) is 13.1. The highest BCUT2D eigenvalue weighted by molar-refractivity contribution is 7.99. The number of amides is 1. The Labute approximate surface area is 122 Å². The van der Waals surface area contributed by atoms with Gasteiger partial charge in [-0.05, 0) is 24.3 Å². The lowest BCUT2D eigenvalue weighted by Crippen LogP contribution is -2.12. The molecule has 0 radical (unpaired) electrons. The van der Waals surface area contributed by atoms with Gasteiger partial charge in [0.25, 0.3) is 11.7 Å². The molecule has 2 heterocycles. The van der Waals surface area contributed by atoms with Crippen LogP contribution in [0.15, 0.2) is 40.4 Å². The van der Waals surface area contributed by atoms with E-state index in [9.17, 15) is 14.0 Å². The van der Waals surface area contributed by atoms with E-state index in [1.807, 2.05) is 0 Å². The number of benzene rings is 1. The van der Waals surface area contributed by atoms with Crippen LogP contribution in [-0.4, -0.2) is 16.7 Å². The highest BCUT2D eigenvalue weighted by Crippen LogP contribution is 2.34. The monoisotopic (exact) mass is 308 g/mol. The van der Waals surface area contributed by atoms with E-state index >= 15 is 0 Å². The number of Topliss-reactive ketones (excluding diaryl/α,β-unsaturated/α-hetero) is 1. The third-order valence-corrected chi connectivity index (χ3v) is 3.89. The first-order chi connectivity index (χ1) is 9.54.